The SMILES string of the molecule is C[C@]12CC[C@H](OC(=O)N3CCC(N)CC3)C[C@H]1CC[C@@H]1[C@@H]2CC[C@]2(C)[C@@H](C(=O)O)CC[C@]12N. The minimum atomic E-state index is -0.666. The highest BCUT2D eigenvalue weighted by molar-refractivity contribution is 5.72. The van der Waals surface area contributed by atoms with E-state index in [0.717, 1.165) is 64.2 Å². The second-order valence-electron chi connectivity index (χ2n) is 12.5. The molecule has 0 aromatic heterocycles. The van der Waals surface area contributed by atoms with E-state index in [1.54, 1.807) is 0 Å². The Labute approximate surface area is 198 Å². The quantitative estimate of drug-likeness (QED) is 0.576. The number of amides is 1. The molecule has 0 unspecified atom stereocenters. The summed E-state index contributed by atoms with van der Waals surface area (Å²) in [5.74, 6) is 0.514. The van der Waals surface area contributed by atoms with Gasteiger partial charge in [0.15, 0.2) is 0 Å². The smallest absolute Gasteiger partial charge is 0.410 e. The zero-order chi connectivity index (χ0) is 23.6. The first-order valence-electron chi connectivity index (χ1n) is 13.3. The van der Waals surface area contributed by atoms with E-state index in [4.69, 9.17) is 16.2 Å². The molecule has 5 fully saturated rings. The lowest BCUT2D eigenvalue weighted by Crippen LogP contribution is -2.66. The number of carbonyl (C=O) groups is 2. The van der Waals surface area contributed by atoms with Gasteiger partial charge in [-0.2, -0.15) is 0 Å². The number of carboxylic acid groups (broad SMARTS) is 1. The lowest BCUT2D eigenvalue weighted by Gasteiger charge is -2.64. The molecule has 1 amide bonds. The molecule has 1 heterocycles. The van der Waals surface area contributed by atoms with Gasteiger partial charge in [0.1, 0.15) is 6.10 Å². The molecule has 1 aliphatic heterocycles. The molecule has 1 saturated heterocycles. The number of nitrogens with zero attached hydrogens (tertiary/aromatic N) is 1. The topological polar surface area (TPSA) is 119 Å². The third-order valence-corrected chi connectivity index (χ3v) is 11.3. The van der Waals surface area contributed by atoms with Crippen molar-refractivity contribution >= 4 is 12.1 Å². The molecule has 0 aromatic rings. The highest BCUT2D eigenvalue weighted by Crippen LogP contribution is 2.68. The van der Waals surface area contributed by atoms with E-state index in [1.165, 1.54) is 0 Å². The molecule has 33 heavy (non-hydrogen) atoms. The summed E-state index contributed by atoms with van der Waals surface area (Å²) in [6.07, 6.45) is 10.2. The monoisotopic (exact) mass is 461 g/mol. The van der Waals surface area contributed by atoms with Crippen molar-refractivity contribution in [3.05, 3.63) is 0 Å². The van der Waals surface area contributed by atoms with Crippen LogP contribution in [-0.4, -0.2) is 52.8 Å². The number of hydrogen-bond acceptors (Lipinski definition) is 5. The van der Waals surface area contributed by atoms with E-state index >= 15 is 0 Å². The van der Waals surface area contributed by atoms with Crippen LogP contribution >= 0.6 is 0 Å². The lowest BCUT2D eigenvalue weighted by molar-refractivity contribution is -0.157. The largest absolute Gasteiger partial charge is 0.481 e. The highest BCUT2D eigenvalue weighted by atomic mass is 16.6. The van der Waals surface area contributed by atoms with E-state index in [2.05, 4.69) is 13.8 Å². The minimum Gasteiger partial charge on any atom is -0.481 e. The van der Waals surface area contributed by atoms with Crippen LogP contribution in [0.4, 0.5) is 4.79 Å². The Morgan fingerprint density at radius 2 is 1.67 bits per heavy atom. The maximum Gasteiger partial charge on any atom is 0.410 e. The summed E-state index contributed by atoms with van der Waals surface area (Å²) in [6.45, 7) is 6.01. The molecule has 5 rings (SSSR count). The molecule has 0 radical (unpaired) electrons. The molecule has 0 spiro atoms. The first kappa shape index (κ1) is 23.4. The van der Waals surface area contributed by atoms with E-state index in [0.29, 0.717) is 37.3 Å². The van der Waals surface area contributed by atoms with Crippen molar-refractivity contribution in [2.24, 2.45) is 46.0 Å². The van der Waals surface area contributed by atoms with Crippen LogP contribution in [0, 0.1) is 34.5 Å². The number of carboxylic acids is 1. The second-order valence-corrected chi connectivity index (χ2v) is 12.5. The molecule has 7 heteroatoms. The Hall–Kier alpha value is -1.34. The van der Waals surface area contributed by atoms with Crippen molar-refractivity contribution in [3.8, 4) is 0 Å². The fourth-order valence-corrected chi connectivity index (χ4v) is 9.09. The number of fused-ring (bicyclic) bond motifs is 5. The molecule has 4 aliphatic carbocycles. The minimum absolute atomic E-state index is 0.00582. The second kappa shape index (κ2) is 8.11. The fraction of sp³-hybridized carbons (Fsp3) is 0.923. The van der Waals surface area contributed by atoms with Crippen molar-refractivity contribution in [2.45, 2.75) is 102 Å². The summed E-state index contributed by atoms with van der Waals surface area (Å²) < 4.78 is 6.00. The predicted molar refractivity (Wildman–Crippen MR) is 125 cm³/mol. The van der Waals surface area contributed by atoms with Crippen LogP contribution < -0.4 is 11.5 Å². The van der Waals surface area contributed by atoms with Gasteiger partial charge in [0.05, 0.1) is 5.92 Å². The Morgan fingerprint density at radius 1 is 0.939 bits per heavy atom. The summed E-state index contributed by atoms with van der Waals surface area (Å²) in [7, 11) is 0. The van der Waals surface area contributed by atoms with Crippen LogP contribution in [0.3, 0.4) is 0 Å². The average Bonchev–Trinajstić information content (AvgIpc) is 3.06. The van der Waals surface area contributed by atoms with Crippen LogP contribution in [0.25, 0.3) is 0 Å². The number of rotatable bonds is 2. The standard InChI is InChI=1S/C26H43N3O4/c1-24-10-5-18(33-23(32)29-13-8-17(27)9-14-29)15-16(24)3-4-20-19(24)6-11-25(2)21(22(30)31)7-12-26(20,25)28/h16-21H,3-15,27-28H2,1-2H3,(H,30,31)/t16-,18+,19+,20-,21-,24+,25-,26+/m1/s1. The van der Waals surface area contributed by atoms with Crippen molar-refractivity contribution in [3.63, 3.8) is 0 Å². The molecule has 186 valence electrons. The van der Waals surface area contributed by atoms with Gasteiger partial charge in [-0.15, -0.1) is 0 Å². The molecular weight excluding hydrogens is 418 g/mol. The van der Waals surface area contributed by atoms with Crippen molar-refractivity contribution in [1.82, 2.24) is 4.90 Å². The summed E-state index contributed by atoms with van der Waals surface area (Å²) in [5, 5.41) is 9.87. The van der Waals surface area contributed by atoms with E-state index in [1.807, 2.05) is 4.90 Å². The normalized spacial score (nSPS) is 47.9. The van der Waals surface area contributed by atoms with Crippen LogP contribution in [0.2, 0.25) is 0 Å². The first-order chi connectivity index (χ1) is 15.6. The number of piperidine rings is 1. The fourth-order valence-electron chi connectivity index (χ4n) is 9.09. The molecule has 7 nitrogen and oxygen atoms in total. The van der Waals surface area contributed by atoms with Crippen LogP contribution in [0.1, 0.15) is 84.5 Å². The Morgan fingerprint density at radius 3 is 2.36 bits per heavy atom. The van der Waals surface area contributed by atoms with E-state index in [9.17, 15) is 14.7 Å². The number of hydrogen-bond donors (Lipinski definition) is 3. The Bertz CT molecular complexity index is 798. The molecule has 0 aromatic carbocycles. The Balaban J connectivity index is 1.26. The van der Waals surface area contributed by atoms with E-state index in [-0.39, 0.29) is 40.5 Å². The van der Waals surface area contributed by atoms with Gasteiger partial charge in [-0.25, -0.2) is 4.79 Å². The van der Waals surface area contributed by atoms with Crippen LogP contribution in [0.5, 0.6) is 0 Å². The van der Waals surface area contributed by atoms with Crippen LogP contribution in [-0.2, 0) is 9.53 Å². The number of carbonyl (C=O) groups excluding carboxylic acids is 1. The first-order valence-corrected chi connectivity index (χ1v) is 13.3. The third kappa shape index (κ3) is 3.51. The summed E-state index contributed by atoms with van der Waals surface area (Å²) in [6, 6.07) is 0.202. The van der Waals surface area contributed by atoms with Crippen molar-refractivity contribution in [1.29, 1.82) is 0 Å². The van der Waals surface area contributed by atoms with Gasteiger partial charge in [-0.3, -0.25) is 4.79 Å². The van der Waals surface area contributed by atoms with Gasteiger partial charge in [0, 0.05) is 24.7 Å². The lowest BCUT2D eigenvalue weighted by atomic mass is 9.42. The number of nitrogens with two attached hydrogens (primary N) is 2. The average molecular weight is 462 g/mol. The van der Waals surface area contributed by atoms with Gasteiger partial charge >= 0.3 is 12.1 Å². The van der Waals surface area contributed by atoms with Gasteiger partial charge in [-0.05, 0) is 99.2 Å². The number of ether oxygens (including phenoxy) is 1. The van der Waals surface area contributed by atoms with Gasteiger partial charge in [0.2, 0.25) is 0 Å². The van der Waals surface area contributed by atoms with Crippen molar-refractivity contribution in [2.75, 3.05) is 13.1 Å². The van der Waals surface area contributed by atoms with Gasteiger partial charge in [-0.1, -0.05) is 13.8 Å². The highest BCUT2D eigenvalue weighted by Gasteiger charge is 2.67. The number of likely N-dealkylation sites (tertiary alicyclic amines) is 1. The summed E-state index contributed by atoms with van der Waals surface area (Å²) in [5.41, 5.74) is 12.7. The van der Waals surface area contributed by atoms with Gasteiger partial charge in [0.25, 0.3) is 0 Å². The summed E-state index contributed by atoms with van der Waals surface area (Å²) in [4.78, 5) is 26.6. The molecule has 8 atom stereocenters. The molecule has 0 bridgehead atoms. The predicted octanol–water partition coefficient (Wildman–Crippen LogP) is 3.74. The zero-order valence-electron chi connectivity index (χ0n) is 20.4. The molecular formula is C26H43N3O4. The Kier molecular flexibility index (Phi) is 5.75. The van der Waals surface area contributed by atoms with Crippen LogP contribution in [0.15, 0.2) is 0 Å². The van der Waals surface area contributed by atoms with Crippen molar-refractivity contribution < 1.29 is 19.4 Å². The van der Waals surface area contributed by atoms with Gasteiger partial charge < -0.3 is 26.2 Å². The van der Waals surface area contributed by atoms with E-state index < -0.39 is 5.97 Å². The molecule has 4 saturated carbocycles. The molecule has 5 N–H and O–H groups in total. The third-order valence-electron chi connectivity index (χ3n) is 11.3. The summed E-state index contributed by atoms with van der Waals surface area (Å²) >= 11 is 0. The zero-order valence-corrected chi connectivity index (χ0v) is 20.4. The molecule has 5 aliphatic rings. The number of aliphatic carboxylic acids is 1. The maximum atomic E-state index is 12.7. The maximum absolute atomic E-state index is 12.7.